The molecular weight excluding hydrogens is 316 g/mol. The van der Waals surface area contributed by atoms with E-state index in [0.717, 1.165) is 5.69 Å². The zero-order valence-electron chi connectivity index (χ0n) is 12.4. The molecule has 1 aliphatic heterocycles. The number of carbonyl (C=O) groups excluding carboxylic acids is 1. The van der Waals surface area contributed by atoms with Crippen molar-refractivity contribution in [2.45, 2.75) is 13.5 Å². The van der Waals surface area contributed by atoms with Gasteiger partial charge in [0.2, 0.25) is 0 Å². The number of fused-ring (bicyclic) bond motifs is 5. The quantitative estimate of drug-likeness (QED) is 0.531. The van der Waals surface area contributed by atoms with Crippen molar-refractivity contribution in [1.82, 2.24) is 19.1 Å². The summed E-state index contributed by atoms with van der Waals surface area (Å²) < 4.78 is 9.06. The van der Waals surface area contributed by atoms with Crippen LogP contribution in [0.3, 0.4) is 0 Å². The van der Waals surface area contributed by atoms with Gasteiger partial charge in [0.1, 0.15) is 5.82 Å². The molecule has 0 bridgehead atoms. The summed E-state index contributed by atoms with van der Waals surface area (Å²) in [7, 11) is 0. The Morgan fingerprint density at radius 2 is 2.30 bits per heavy atom. The molecular formula is C16H13ClN4O2. The molecule has 0 saturated heterocycles. The van der Waals surface area contributed by atoms with Gasteiger partial charge < -0.3 is 9.30 Å². The molecule has 7 heteroatoms. The molecule has 4 rings (SSSR count). The van der Waals surface area contributed by atoms with E-state index in [4.69, 9.17) is 16.3 Å². The van der Waals surface area contributed by atoms with Crippen LogP contribution >= 0.6 is 11.6 Å². The Morgan fingerprint density at radius 1 is 1.43 bits per heavy atom. The Labute approximate surface area is 137 Å². The summed E-state index contributed by atoms with van der Waals surface area (Å²) in [5, 5.41) is 0.531. The molecule has 3 heterocycles. The summed E-state index contributed by atoms with van der Waals surface area (Å²) in [6.45, 7) is 2.69. The minimum absolute atomic E-state index is 0.307. The van der Waals surface area contributed by atoms with Crippen molar-refractivity contribution >= 4 is 17.6 Å². The maximum atomic E-state index is 12.4. The monoisotopic (exact) mass is 328 g/mol. The second-order valence-corrected chi connectivity index (χ2v) is 5.58. The Bertz CT molecular complexity index is 913. The van der Waals surface area contributed by atoms with Gasteiger partial charge in [-0.1, -0.05) is 11.6 Å². The highest BCUT2D eigenvalue weighted by atomic mass is 35.5. The normalized spacial score (nSPS) is 12.1. The fraction of sp³-hybridized carbons (Fsp3) is 0.188. The van der Waals surface area contributed by atoms with Crippen LogP contribution in [-0.2, 0) is 11.3 Å². The van der Waals surface area contributed by atoms with Crippen molar-refractivity contribution in [2.75, 3.05) is 6.61 Å². The van der Waals surface area contributed by atoms with E-state index in [1.807, 2.05) is 15.3 Å². The number of halogens is 1. The summed E-state index contributed by atoms with van der Waals surface area (Å²) in [6, 6.07) is 3.38. The van der Waals surface area contributed by atoms with Gasteiger partial charge in [-0.3, -0.25) is 4.57 Å². The largest absolute Gasteiger partial charge is 0.462 e. The number of aromatic nitrogens is 4. The average molecular weight is 329 g/mol. The molecule has 0 spiro atoms. The van der Waals surface area contributed by atoms with Crippen LogP contribution in [-0.4, -0.2) is 31.7 Å². The number of hydrogen-bond donors (Lipinski definition) is 0. The van der Waals surface area contributed by atoms with E-state index in [9.17, 15) is 4.79 Å². The van der Waals surface area contributed by atoms with Crippen LogP contribution in [0, 0.1) is 0 Å². The predicted molar refractivity (Wildman–Crippen MR) is 84.9 cm³/mol. The van der Waals surface area contributed by atoms with Gasteiger partial charge in [0.25, 0.3) is 0 Å². The van der Waals surface area contributed by atoms with E-state index in [0.29, 0.717) is 40.8 Å². The number of benzene rings is 1. The number of imidazole rings is 2. The molecule has 0 N–H and O–H groups in total. The molecule has 2 aromatic heterocycles. The first-order valence-corrected chi connectivity index (χ1v) is 7.61. The molecule has 0 atom stereocenters. The number of hydrogen-bond acceptors (Lipinski definition) is 4. The SMILES string of the molecule is CCOC(=O)c1ccc(Cl)c2c1-c1nccn1Cc1cncn1-2. The fourth-order valence-corrected chi connectivity index (χ4v) is 3.14. The lowest BCUT2D eigenvalue weighted by molar-refractivity contribution is 0.0527. The number of nitrogens with zero attached hydrogens (tertiary/aromatic N) is 4. The van der Waals surface area contributed by atoms with Crippen LogP contribution in [0.25, 0.3) is 17.1 Å². The van der Waals surface area contributed by atoms with Crippen LogP contribution in [0.1, 0.15) is 23.0 Å². The molecule has 0 amide bonds. The van der Waals surface area contributed by atoms with Crippen LogP contribution < -0.4 is 0 Å². The fourth-order valence-electron chi connectivity index (χ4n) is 2.89. The molecule has 3 aromatic rings. The Hall–Kier alpha value is -2.60. The van der Waals surface area contributed by atoms with Gasteiger partial charge >= 0.3 is 5.97 Å². The summed E-state index contributed by atoms with van der Waals surface area (Å²) in [4.78, 5) is 21.0. The first-order chi connectivity index (χ1) is 11.2. The van der Waals surface area contributed by atoms with Gasteiger partial charge in [-0.25, -0.2) is 14.8 Å². The molecule has 0 aliphatic carbocycles. The van der Waals surface area contributed by atoms with Gasteiger partial charge in [-0.15, -0.1) is 0 Å². The zero-order valence-corrected chi connectivity index (χ0v) is 13.1. The van der Waals surface area contributed by atoms with E-state index in [1.165, 1.54) is 0 Å². The average Bonchev–Trinajstić information content (AvgIpc) is 3.15. The molecule has 0 radical (unpaired) electrons. The van der Waals surface area contributed by atoms with Gasteiger partial charge in [-0.2, -0.15) is 0 Å². The number of carbonyl (C=O) groups is 1. The van der Waals surface area contributed by atoms with E-state index < -0.39 is 5.97 Å². The van der Waals surface area contributed by atoms with Crippen LogP contribution in [0.15, 0.2) is 37.1 Å². The predicted octanol–water partition coefficient (Wildman–Crippen LogP) is 2.93. The highest BCUT2D eigenvalue weighted by molar-refractivity contribution is 6.33. The molecule has 6 nitrogen and oxygen atoms in total. The van der Waals surface area contributed by atoms with Crippen LogP contribution in [0.2, 0.25) is 5.02 Å². The maximum Gasteiger partial charge on any atom is 0.338 e. The Balaban J connectivity index is 2.09. The van der Waals surface area contributed by atoms with E-state index in [2.05, 4.69) is 9.97 Å². The second-order valence-electron chi connectivity index (χ2n) is 5.17. The lowest BCUT2D eigenvalue weighted by atomic mass is 10.0. The summed E-state index contributed by atoms with van der Waals surface area (Å²) in [6.07, 6.45) is 7.06. The van der Waals surface area contributed by atoms with Gasteiger partial charge in [-0.05, 0) is 19.1 Å². The van der Waals surface area contributed by atoms with Crippen molar-refractivity contribution < 1.29 is 9.53 Å². The van der Waals surface area contributed by atoms with Crippen LogP contribution in [0.4, 0.5) is 0 Å². The van der Waals surface area contributed by atoms with Crippen molar-refractivity contribution in [3.05, 3.63) is 53.3 Å². The molecule has 0 saturated carbocycles. The third-order valence-corrected chi connectivity index (χ3v) is 4.16. The van der Waals surface area contributed by atoms with Gasteiger partial charge in [0.15, 0.2) is 0 Å². The van der Waals surface area contributed by atoms with Crippen molar-refractivity contribution in [3.63, 3.8) is 0 Å². The van der Waals surface area contributed by atoms with E-state index in [1.54, 1.807) is 37.8 Å². The van der Waals surface area contributed by atoms with Crippen LogP contribution in [0.5, 0.6) is 0 Å². The lowest BCUT2D eigenvalue weighted by Gasteiger charge is -2.14. The molecule has 1 aliphatic rings. The number of rotatable bonds is 2. The zero-order chi connectivity index (χ0) is 16.0. The van der Waals surface area contributed by atoms with Gasteiger partial charge in [0.05, 0.1) is 53.2 Å². The third kappa shape index (κ3) is 2.06. The topological polar surface area (TPSA) is 61.9 Å². The minimum Gasteiger partial charge on any atom is -0.462 e. The van der Waals surface area contributed by atoms with Crippen molar-refractivity contribution in [1.29, 1.82) is 0 Å². The minimum atomic E-state index is -0.390. The van der Waals surface area contributed by atoms with E-state index in [-0.39, 0.29) is 0 Å². The smallest absolute Gasteiger partial charge is 0.338 e. The Morgan fingerprint density at radius 3 is 3.13 bits per heavy atom. The molecule has 1 aromatic carbocycles. The summed E-state index contributed by atoms with van der Waals surface area (Å²) in [5.74, 6) is 0.299. The lowest BCUT2D eigenvalue weighted by Crippen LogP contribution is -2.10. The highest BCUT2D eigenvalue weighted by Gasteiger charge is 2.27. The number of ether oxygens (including phenoxy) is 1. The van der Waals surface area contributed by atoms with E-state index >= 15 is 0 Å². The Kier molecular flexibility index (Phi) is 3.20. The van der Waals surface area contributed by atoms with Gasteiger partial charge in [0, 0.05) is 12.4 Å². The first-order valence-electron chi connectivity index (χ1n) is 7.23. The van der Waals surface area contributed by atoms with Crippen molar-refractivity contribution in [2.24, 2.45) is 0 Å². The molecule has 0 fully saturated rings. The molecule has 116 valence electrons. The number of esters is 1. The maximum absolute atomic E-state index is 12.4. The first kappa shape index (κ1) is 14.0. The summed E-state index contributed by atoms with van der Waals surface area (Å²) >= 11 is 6.45. The third-order valence-electron chi connectivity index (χ3n) is 3.85. The standard InChI is InChI=1S/C16H13ClN4O2/c1-2-23-16(22)11-3-4-12(17)14-13(11)15-19-5-6-20(15)8-10-7-18-9-21(10)14/h3-7,9H,2,8H2,1H3. The summed E-state index contributed by atoms with van der Waals surface area (Å²) in [5.41, 5.74) is 2.78. The van der Waals surface area contributed by atoms with Crippen molar-refractivity contribution in [3.8, 4) is 17.1 Å². The second kappa shape index (κ2) is 5.24. The highest BCUT2D eigenvalue weighted by Crippen LogP contribution is 2.38. The molecule has 0 unspecified atom stereocenters. The molecule has 23 heavy (non-hydrogen) atoms.